The quantitative estimate of drug-likeness (QED) is 0.762. The molecule has 0 atom stereocenters. The molecule has 1 aromatic carbocycles. The Morgan fingerprint density at radius 3 is 2.46 bits per heavy atom. The molecule has 0 saturated heterocycles. The van der Waals surface area contributed by atoms with E-state index in [1.165, 1.54) is 17.4 Å². The first-order chi connectivity index (χ1) is 12.5. The Morgan fingerprint density at radius 2 is 1.81 bits per heavy atom. The summed E-state index contributed by atoms with van der Waals surface area (Å²) in [6, 6.07) is 11.1. The van der Waals surface area contributed by atoms with Gasteiger partial charge in [0.05, 0.1) is 11.0 Å². The van der Waals surface area contributed by atoms with Crippen LogP contribution in [0.4, 0.5) is 5.00 Å². The molecule has 0 bridgehead atoms. The normalized spacial score (nSPS) is 15.4. The lowest BCUT2D eigenvalue weighted by atomic mass is 9.79. The topological polar surface area (TPSA) is 98.5 Å². The van der Waals surface area contributed by atoms with E-state index < -0.39 is 23.8 Å². The van der Waals surface area contributed by atoms with Crippen LogP contribution in [0.1, 0.15) is 41.6 Å². The average Bonchev–Trinajstić information content (AvgIpc) is 3.30. The summed E-state index contributed by atoms with van der Waals surface area (Å²) in [5.41, 5.74) is 5.74. The van der Waals surface area contributed by atoms with Crippen molar-refractivity contribution >= 4 is 34.1 Å². The van der Waals surface area contributed by atoms with Gasteiger partial charge in [-0.3, -0.25) is 14.4 Å². The Hall–Kier alpha value is -2.67. The van der Waals surface area contributed by atoms with Crippen LogP contribution in [-0.4, -0.2) is 24.4 Å². The van der Waals surface area contributed by atoms with Gasteiger partial charge in [0.25, 0.3) is 11.8 Å². The van der Waals surface area contributed by atoms with Crippen LogP contribution in [0.2, 0.25) is 0 Å². The standard InChI is InChI=1S/C19H20N2O4S/c20-16(23)14-8-11-26-17(14)21-15(22)12-25-18(24)19(9-4-5-10-19)13-6-2-1-3-7-13/h1-3,6-8,11H,4-5,9-10,12H2,(H2,20,23)(H,21,22). The average molecular weight is 372 g/mol. The summed E-state index contributed by atoms with van der Waals surface area (Å²) in [7, 11) is 0. The molecular weight excluding hydrogens is 352 g/mol. The van der Waals surface area contributed by atoms with Crippen molar-refractivity contribution in [3.8, 4) is 0 Å². The van der Waals surface area contributed by atoms with E-state index >= 15 is 0 Å². The molecular formula is C19H20N2O4S. The van der Waals surface area contributed by atoms with E-state index in [4.69, 9.17) is 10.5 Å². The van der Waals surface area contributed by atoms with Crippen LogP contribution in [0.5, 0.6) is 0 Å². The number of hydrogen-bond acceptors (Lipinski definition) is 5. The summed E-state index contributed by atoms with van der Waals surface area (Å²) in [5, 5.41) is 4.59. The molecule has 3 N–H and O–H groups in total. The summed E-state index contributed by atoms with van der Waals surface area (Å²) in [6.07, 6.45) is 3.34. The summed E-state index contributed by atoms with van der Waals surface area (Å²) < 4.78 is 5.33. The molecule has 0 unspecified atom stereocenters. The molecule has 136 valence electrons. The molecule has 1 aromatic heterocycles. The second kappa shape index (κ2) is 7.70. The second-order valence-electron chi connectivity index (χ2n) is 6.31. The van der Waals surface area contributed by atoms with Crippen LogP contribution in [0.25, 0.3) is 0 Å². The Balaban J connectivity index is 1.65. The number of nitrogens with one attached hydrogen (secondary N) is 1. The zero-order valence-electron chi connectivity index (χ0n) is 14.2. The van der Waals surface area contributed by atoms with Gasteiger partial charge in [-0.05, 0) is 29.9 Å². The third-order valence-corrected chi connectivity index (χ3v) is 5.52. The number of benzene rings is 1. The van der Waals surface area contributed by atoms with Crippen LogP contribution in [-0.2, 0) is 19.7 Å². The molecule has 0 spiro atoms. The minimum Gasteiger partial charge on any atom is -0.455 e. The van der Waals surface area contributed by atoms with Crippen LogP contribution in [0.3, 0.4) is 0 Å². The van der Waals surface area contributed by atoms with Gasteiger partial charge < -0.3 is 15.8 Å². The molecule has 7 heteroatoms. The number of primary amides is 1. The Labute approximate surface area is 155 Å². The number of amides is 2. The number of nitrogens with two attached hydrogens (primary N) is 1. The number of carbonyl (C=O) groups excluding carboxylic acids is 3. The molecule has 26 heavy (non-hydrogen) atoms. The molecule has 1 aliphatic carbocycles. The molecule has 6 nitrogen and oxygen atoms in total. The van der Waals surface area contributed by atoms with Crippen molar-refractivity contribution in [1.82, 2.24) is 0 Å². The van der Waals surface area contributed by atoms with Gasteiger partial charge in [-0.25, -0.2) is 0 Å². The Morgan fingerprint density at radius 1 is 1.12 bits per heavy atom. The number of ether oxygens (including phenoxy) is 1. The van der Waals surface area contributed by atoms with E-state index in [9.17, 15) is 14.4 Å². The maximum absolute atomic E-state index is 12.8. The van der Waals surface area contributed by atoms with Gasteiger partial charge in [-0.15, -0.1) is 11.3 Å². The molecule has 1 saturated carbocycles. The van der Waals surface area contributed by atoms with Crippen LogP contribution >= 0.6 is 11.3 Å². The predicted molar refractivity (Wildman–Crippen MR) is 99.0 cm³/mol. The molecule has 0 radical (unpaired) electrons. The lowest BCUT2D eigenvalue weighted by molar-refractivity contribution is -0.153. The molecule has 2 amide bonds. The van der Waals surface area contributed by atoms with E-state index in [0.29, 0.717) is 17.8 Å². The molecule has 1 heterocycles. The Kier molecular flexibility index (Phi) is 5.37. The van der Waals surface area contributed by atoms with Gasteiger partial charge in [0, 0.05) is 0 Å². The van der Waals surface area contributed by atoms with Gasteiger partial charge in [0.1, 0.15) is 5.00 Å². The number of rotatable bonds is 6. The smallest absolute Gasteiger partial charge is 0.317 e. The molecule has 2 aromatic rings. The maximum Gasteiger partial charge on any atom is 0.317 e. The van der Waals surface area contributed by atoms with Gasteiger partial charge in [0.2, 0.25) is 0 Å². The third kappa shape index (κ3) is 3.62. The van der Waals surface area contributed by atoms with Crippen LogP contribution in [0, 0.1) is 0 Å². The fourth-order valence-corrected chi connectivity index (χ4v) is 4.19. The molecule has 3 rings (SSSR count). The number of esters is 1. The molecule has 1 fully saturated rings. The molecule has 1 aliphatic rings. The predicted octanol–water partition coefficient (Wildman–Crippen LogP) is 2.84. The number of hydrogen-bond donors (Lipinski definition) is 2. The van der Waals surface area contributed by atoms with Crippen molar-refractivity contribution in [1.29, 1.82) is 0 Å². The van der Waals surface area contributed by atoms with Crippen molar-refractivity contribution in [2.24, 2.45) is 5.73 Å². The van der Waals surface area contributed by atoms with Gasteiger partial charge in [0.15, 0.2) is 6.61 Å². The largest absolute Gasteiger partial charge is 0.455 e. The lowest BCUT2D eigenvalue weighted by Crippen LogP contribution is -2.36. The fourth-order valence-electron chi connectivity index (χ4n) is 3.38. The van der Waals surface area contributed by atoms with E-state index in [1.807, 2.05) is 30.3 Å². The monoisotopic (exact) mass is 372 g/mol. The summed E-state index contributed by atoms with van der Waals surface area (Å²) >= 11 is 1.19. The number of thiophene rings is 1. The summed E-state index contributed by atoms with van der Waals surface area (Å²) in [6.45, 7) is -0.399. The first-order valence-electron chi connectivity index (χ1n) is 8.43. The van der Waals surface area contributed by atoms with Crippen molar-refractivity contribution in [3.63, 3.8) is 0 Å². The van der Waals surface area contributed by atoms with Crippen molar-refractivity contribution in [2.45, 2.75) is 31.1 Å². The maximum atomic E-state index is 12.8. The third-order valence-electron chi connectivity index (χ3n) is 4.69. The first kappa shape index (κ1) is 18.1. The van der Waals surface area contributed by atoms with E-state index in [0.717, 1.165) is 18.4 Å². The number of anilines is 1. The zero-order valence-corrected chi connectivity index (χ0v) is 15.0. The Bertz CT molecular complexity index is 810. The number of carbonyl (C=O) groups is 3. The first-order valence-corrected chi connectivity index (χ1v) is 9.31. The van der Waals surface area contributed by atoms with Crippen LogP contribution < -0.4 is 11.1 Å². The van der Waals surface area contributed by atoms with Gasteiger partial charge >= 0.3 is 5.97 Å². The summed E-state index contributed by atoms with van der Waals surface area (Å²) in [4.78, 5) is 36.2. The minimum atomic E-state index is -0.678. The minimum absolute atomic E-state index is 0.242. The van der Waals surface area contributed by atoms with E-state index in [2.05, 4.69) is 5.32 Å². The molecule has 0 aliphatic heterocycles. The second-order valence-corrected chi connectivity index (χ2v) is 7.22. The van der Waals surface area contributed by atoms with Crippen molar-refractivity contribution < 1.29 is 19.1 Å². The van der Waals surface area contributed by atoms with Crippen molar-refractivity contribution in [2.75, 3.05) is 11.9 Å². The van der Waals surface area contributed by atoms with Crippen LogP contribution in [0.15, 0.2) is 41.8 Å². The highest BCUT2D eigenvalue weighted by Crippen LogP contribution is 2.42. The van der Waals surface area contributed by atoms with Gasteiger partial charge in [-0.1, -0.05) is 43.2 Å². The highest BCUT2D eigenvalue weighted by molar-refractivity contribution is 7.14. The highest BCUT2D eigenvalue weighted by atomic mass is 32.1. The zero-order chi connectivity index (χ0) is 18.6. The summed E-state index contributed by atoms with van der Waals surface area (Å²) in [5.74, 6) is -1.49. The highest BCUT2D eigenvalue weighted by Gasteiger charge is 2.44. The fraction of sp³-hybridized carbons (Fsp3) is 0.316. The van der Waals surface area contributed by atoms with E-state index in [-0.39, 0.29) is 11.5 Å². The van der Waals surface area contributed by atoms with E-state index in [1.54, 1.807) is 5.38 Å². The van der Waals surface area contributed by atoms with Gasteiger partial charge in [-0.2, -0.15) is 0 Å². The SMILES string of the molecule is NC(=O)c1ccsc1NC(=O)COC(=O)C1(c2ccccc2)CCCC1. The van der Waals surface area contributed by atoms with Crippen molar-refractivity contribution in [3.05, 3.63) is 52.9 Å². The lowest BCUT2D eigenvalue weighted by Gasteiger charge is -2.27.